The van der Waals surface area contributed by atoms with Crippen LogP contribution in [0.2, 0.25) is 0 Å². The fraction of sp³-hybridized carbons (Fsp3) is 0.444. The molecule has 13 heavy (non-hydrogen) atoms. The van der Waals surface area contributed by atoms with Gasteiger partial charge in [-0.05, 0) is 6.92 Å². The van der Waals surface area contributed by atoms with Crippen molar-refractivity contribution in [1.82, 2.24) is 4.57 Å². The molecule has 0 aromatic carbocycles. The highest BCUT2D eigenvalue weighted by atomic mass is 16.5. The van der Waals surface area contributed by atoms with Gasteiger partial charge in [0.2, 0.25) is 0 Å². The van der Waals surface area contributed by atoms with Crippen molar-refractivity contribution in [2.24, 2.45) is 7.05 Å². The number of nitrogens with zero attached hydrogens (tertiary/aromatic N) is 1. The zero-order chi connectivity index (χ0) is 9.59. The predicted octanol–water partition coefficient (Wildman–Crippen LogP) is 0.120. The molecule has 0 fully saturated rings. The molecule has 1 N–H and O–H groups in total. The maximum absolute atomic E-state index is 11.6. The number of pyridine rings is 1. The lowest BCUT2D eigenvalue weighted by Gasteiger charge is -2.06. The van der Waals surface area contributed by atoms with Crippen molar-refractivity contribution in [2.45, 2.75) is 13.0 Å². The van der Waals surface area contributed by atoms with Crippen molar-refractivity contribution in [3.05, 3.63) is 27.7 Å². The first-order chi connectivity index (χ1) is 6.11. The van der Waals surface area contributed by atoms with Gasteiger partial charge in [0.1, 0.15) is 18.5 Å². The molecule has 0 saturated heterocycles. The third kappa shape index (κ3) is 1.06. The van der Waals surface area contributed by atoms with Gasteiger partial charge in [-0.3, -0.25) is 4.79 Å². The number of hydrogen-bond donors (Lipinski definition) is 1. The molecule has 0 amide bonds. The van der Waals surface area contributed by atoms with Gasteiger partial charge in [0.05, 0.1) is 5.56 Å². The van der Waals surface area contributed by atoms with Crippen LogP contribution >= 0.6 is 0 Å². The van der Waals surface area contributed by atoms with Gasteiger partial charge in [0, 0.05) is 18.8 Å². The highest BCUT2D eigenvalue weighted by molar-refractivity contribution is 5.38. The lowest BCUT2D eigenvalue weighted by Crippen LogP contribution is -2.23. The van der Waals surface area contributed by atoms with Crippen LogP contribution in [-0.4, -0.2) is 16.3 Å². The number of aliphatic hydroxyl groups excluding tert-OH is 1. The van der Waals surface area contributed by atoms with Crippen molar-refractivity contribution in [3.8, 4) is 5.75 Å². The van der Waals surface area contributed by atoms with E-state index in [1.165, 1.54) is 4.57 Å². The molecule has 0 radical (unpaired) electrons. The molecule has 1 aromatic rings. The first-order valence-corrected chi connectivity index (χ1v) is 4.12. The second kappa shape index (κ2) is 2.60. The normalized spacial score (nSPS) is 19.8. The summed E-state index contributed by atoms with van der Waals surface area (Å²) in [7, 11) is 1.68. The van der Waals surface area contributed by atoms with Gasteiger partial charge in [0.15, 0.2) is 0 Å². The third-order valence-electron chi connectivity index (χ3n) is 2.40. The standard InChI is InChI=1S/C9H11NO3/c1-5-3-7-8(6(11)4-13-7)9(12)10(5)2/h3,6,11H,4H2,1-2H3. The molecule has 0 spiro atoms. The van der Waals surface area contributed by atoms with Crippen LogP contribution in [0.3, 0.4) is 0 Å². The summed E-state index contributed by atoms with van der Waals surface area (Å²) in [5.41, 5.74) is 1.05. The monoisotopic (exact) mass is 181 g/mol. The van der Waals surface area contributed by atoms with Crippen molar-refractivity contribution in [2.75, 3.05) is 6.61 Å². The SMILES string of the molecule is Cc1cc2c(c(=O)n1C)C(O)CO2. The van der Waals surface area contributed by atoms with E-state index < -0.39 is 6.10 Å². The number of rotatable bonds is 0. The van der Waals surface area contributed by atoms with Crippen LogP contribution in [-0.2, 0) is 7.05 Å². The van der Waals surface area contributed by atoms with E-state index in [-0.39, 0.29) is 12.2 Å². The zero-order valence-corrected chi connectivity index (χ0v) is 7.57. The zero-order valence-electron chi connectivity index (χ0n) is 7.57. The smallest absolute Gasteiger partial charge is 0.260 e. The minimum absolute atomic E-state index is 0.167. The van der Waals surface area contributed by atoms with E-state index in [4.69, 9.17) is 4.74 Å². The molecule has 1 unspecified atom stereocenters. The molecule has 70 valence electrons. The van der Waals surface area contributed by atoms with Crippen LogP contribution < -0.4 is 10.3 Å². The van der Waals surface area contributed by atoms with Gasteiger partial charge in [-0.2, -0.15) is 0 Å². The maximum Gasteiger partial charge on any atom is 0.260 e. The molecule has 0 aliphatic carbocycles. The Labute approximate surface area is 75.4 Å². The lowest BCUT2D eigenvalue weighted by molar-refractivity contribution is 0.139. The maximum atomic E-state index is 11.6. The average Bonchev–Trinajstić information content (AvgIpc) is 2.43. The van der Waals surface area contributed by atoms with Crippen molar-refractivity contribution < 1.29 is 9.84 Å². The van der Waals surface area contributed by atoms with E-state index in [1.54, 1.807) is 13.1 Å². The highest BCUT2D eigenvalue weighted by Gasteiger charge is 2.26. The number of hydrogen-bond acceptors (Lipinski definition) is 3. The van der Waals surface area contributed by atoms with Gasteiger partial charge in [0.25, 0.3) is 5.56 Å². The molecule has 0 bridgehead atoms. The first-order valence-electron chi connectivity index (χ1n) is 4.12. The van der Waals surface area contributed by atoms with E-state index in [0.717, 1.165) is 5.69 Å². The van der Waals surface area contributed by atoms with Gasteiger partial charge in [-0.15, -0.1) is 0 Å². The summed E-state index contributed by atoms with van der Waals surface area (Å²) in [6, 6.07) is 1.77. The predicted molar refractivity (Wildman–Crippen MR) is 46.9 cm³/mol. The van der Waals surface area contributed by atoms with E-state index in [0.29, 0.717) is 11.3 Å². The summed E-state index contributed by atoms with van der Waals surface area (Å²) in [6.45, 7) is 2.02. The number of aliphatic hydroxyl groups is 1. The summed E-state index contributed by atoms with van der Waals surface area (Å²) in [4.78, 5) is 11.6. The molecule has 0 saturated carbocycles. The molecule has 2 rings (SSSR count). The lowest BCUT2D eigenvalue weighted by atomic mass is 10.1. The Bertz CT molecular complexity index is 408. The van der Waals surface area contributed by atoms with E-state index in [1.807, 2.05) is 6.92 Å². The Morgan fingerprint density at radius 2 is 2.38 bits per heavy atom. The number of aryl methyl sites for hydroxylation is 1. The summed E-state index contributed by atoms with van der Waals surface area (Å²) in [6.07, 6.45) is -0.769. The Hall–Kier alpha value is -1.29. The minimum atomic E-state index is -0.769. The molecule has 1 atom stereocenters. The Balaban J connectivity index is 2.75. The largest absolute Gasteiger partial charge is 0.490 e. The fourth-order valence-corrected chi connectivity index (χ4v) is 1.49. The summed E-state index contributed by atoms with van der Waals surface area (Å²) >= 11 is 0. The second-order valence-corrected chi connectivity index (χ2v) is 3.25. The summed E-state index contributed by atoms with van der Waals surface area (Å²) in [5, 5.41) is 9.44. The van der Waals surface area contributed by atoms with Crippen molar-refractivity contribution in [3.63, 3.8) is 0 Å². The van der Waals surface area contributed by atoms with Crippen LogP contribution in [0.25, 0.3) is 0 Å². The molecular weight excluding hydrogens is 170 g/mol. The van der Waals surface area contributed by atoms with Crippen molar-refractivity contribution >= 4 is 0 Å². The van der Waals surface area contributed by atoms with Crippen LogP contribution in [0.5, 0.6) is 5.75 Å². The molecule has 1 aliphatic rings. The van der Waals surface area contributed by atoms with Gasteiger partial charge in [-0.1, -0.05) is 0 Å². The Morgan fingerprint density at radius 3 is 3.08 bits per heavy atom. The van der Waals surface area contributed by atoms with Crippen molar-refractivity contribution in [1.29, 1.82) is 0 Å². The Kier molecular flexibility index (Phi) is 1.66. The van der Waals surface area contributed by atoms with Gasteiger partial charge >= 0.3 is 0 Å². The number of aromatic nitrogens is 1. The van der Waals surface area contributed by atoms with Crippen LogP contribution in [0.1, 0.15) is 17.4 Å². The fourth-order valence-electron chi connectivity index (χ4n) is 1.49. The highest BCUT2D eigenvalue weighted by Crippen LogP contribution is 2.29. The van der Waals surface area contributed by atoms with Gasteiger partial charge in [-0.25, -0.2) is 0 Å². The number of ether oxygens (including phenoxy) is 1. The molecule has 4 nitrogen and oxygen atoms in total. The molecule has 1 aromatic heterocycles. The van der Waals surface area contributed by atoms with E-state index in [9.17, 15) is 9.90 Å². The van der Waals surface area contributed by atoms with Crippen LogP contribution in [0.15, 0.2) is 10.9 Å². The molecule has 4 heteroatoms. The average molecular weight is 181 g/mol. The third-order valence-corrected chi connectivity index (χ3v) is 2.40. The van der Waals surface area contributed by atoms with E-state index in [2.05, 4.69) is 0 Å². The van der Waals surface area contributed by atoms with Crippen LogP contribution in [0.4, 0.5) is 0 Å². The second-order valence-electron chi connectivity index (χ2n) is 3.25. The summed E-state index contributed by atoms with van der Waals surface area (Å²) in [5.74, 6) is 0.521. The van der Waals surface area contributed by atoms with Crippen LogP contribution in [0, 0.1) is 6.92 Å². The van der Waals surface area contributed by atoms with Gasteiger partial charge < -0.3 is 14.4 Å². The first kappa shape index (κ1) is 8.31. The molecular formula is C9H11NO3. The molecule has 1 aliphatic heterocycles. The Morgan fingerprint density at radius 1 is 1.69 bits per heavy atom. The van der Waals surface area contributed by atoms with E-state index >= 15 is 0 Å². The quantitative estimate of drug-likeness (QED) is 0.618. The minimum Gasteiger partial charge on any atom is -0.490 e. The molecule has 2 heterocycles. The number of fused-ring (bicyclic) bond motifs is 1. The topological polar surface area (TPSA) is 51.5 Å². The summed E-state index contributed by atoms with van der Waals surface area (Å²) < 4.78 is 6.67.